The van der Waals surface area contributed by atoms with Gasteiger partial charge in [0.15, 0.2) is 0 Å². The smallest absolute Gasteiger partial charge is 0.277 e. The first kappa shape index (κ1) is 17.6. The molecule has 1 aliphatic heterocycles. The van der Waals surface area contributed by atoms with Crippen LogP contribution in [0.1, 0.15) is 12.8 Å². The number of ether oxygens (including phenoxy) is 1. The van der Waals surface area contributed by atoms with Crippen molar-refractivity contribution in [2.75, 3.05) is 37.4 Å². The van der Waals surface area contributed by atoms with Gasteiger partial charge < -0.3 is 19.0 Å². The van der Waals surface area contributed by atoms with Gasteiger partial charge >= 0.3 is 0 Å². The van der Waals surface area contributed by atoms with Crippen molar-refractivity contribution in [1.29, 1.82) is 0 Å². The number of hydrogen-bond acceptors (Lipinski definition) is 7. The van der Waals surface area contributed by atoms with E-state index < -0.39 is 0 Å². The molecule has 0 N–H and O–H groups in total. The van der Waals surface area contributed by atoms with Crippen LogP contribution in [-0.4, -0.2) is 59.5 Å². The van der Waals surface area contributed by atoms with Crippen LogP contribution in [0, 0.1) is 6.92 Å². The molecule has 1 fully saturated rings. The summed E-state index contributed by atoms with van der Waals surface area (Å²) in [6.45, 7) is 6.04. The van der Waals surface area contributed by atoms with Gasteiger partial charge in [0.1, 0.15) is 5.75 Å². The van der Waals surface area contributed by atoms with E-state index in [-0.39, 0.29) is 11.9 Å². The zero-order valence-electron chi connectivity index (χ0n) is 14.6. The van der Waals surface area contributed by atoms with Crippen LogP contribution < -0.4 is 9.64 Å². The first-order valence-electron chi connectivity index (χ1n) is 8.19. The molecule has 0 radical (unpaired) electrons. The second-order valence-corrected chi connectivity index (χ2v) is 6.86. The zero-order valence-corrected chi connectivity index (χ0v) is 15.5. The lowest BCUT2D eigenvalue weighted by Gasteiger charge is -2.41. The van der Waals surface area contributed by atoms with Gasteiger partial charge in [-0.1, -0.05) is 23.9 Å². The molecule has 25 heavy (non-hydrogen) atoms. The number of methoxy groups -OCH3 is 1. The summed E-state index contributed by atoms with van der Waals surface area (Å²) < 4.78 is 10.7. The Hall–Kier alpha value is -2.22. The van der Waals surface area contributed by atoms with Crippen LogP contribution in [-0.2, 0) is 4.79 Å². The summed E-state index contributed by atoms with van der Waals surface area (Å²) in [5, 5.41) is 8.11. The number of thioether (sulfide) groups is 1. The molecule has 1 aliphatic rings. The second kappa shape index (κ2) is 7.77. The van der Waals surface area contributed by atoms with Crippen LogP contribution in [0.25, 0.3) is 0 Å². The summed E-state index contributed by atoms with van der Waals surface area (Å²) in [6, 6.07) is 8.10. The van der Waals surface area contributed by atoms with Crippen molar-refractivity contribution in [1.82, 2.24) is 15.1 Å². The van der Waals surface area contributed by atoms with Crippen molar-refractivity contribution in [2.24, 2.45) is 0 Å². The number of amides is 1. The monoisotopic (exact) mass is 362 g/mol. The fourth-order valence-electron chi connectivity index (χ4n) is 2.98. The Morgan fingerprint density at radius 1 is 1.36 bits per heavy atom. The number of piperazine rings is 1. The molecule has 1 unspecified atom stereocenters. The van der Waals surface area contributed by atoms with Gasteiger partial charge in [0, 0.05) is 32.6 Å². The van der Waals surface area contributed by atoms with Gasteiger partial charge in [-0.3, -0.25) is 4.79 Å². The molecule has 3 rings (SSSR count). The van der Waals surface area contributed by atoms with E-state index in [1.54, 1.807) is 14.0 Å². The molecule has 7 nitrogen and oxygen atoms in total. The Labute approximate surface area is 151 Å². The van der Waals surface area contributed by atoms with E-state index in [1.165, 1.54) is 11.8 Å². The normalized spacial score (nSPS) is 17.6. The number of benzene rings is 1. The molecule has 1 amide bonds. The summed E-state index contributed by atoms with van der Waals surface area (Å²) in [5.41, 5.74) is 1.07. The molecule has 8 heteroatoms. The molecule has 1 saturated heterocycles. The highest BCUT2D eigenvalue weighted by atomic mass is 32.2. The Morgan fingerprint density at radius 2 is 2.16 bits per heavy atom. The summed E-state index contributed by atoms with van der Waals surface area (Å²) in [7, 11) is 1.68. The average molecular weight is 362 g/mol. The molecule has 0 aliphatic carbocycles. The van der Waals surface area contributed by atoms with Crippen molar-refractivity contribution in [3.63, 3.8) is 0 Å². The Kier molecular flexibility index (Phi) is 5.47. The fourth-order valence-corrected chi connectivity index (χ4v) is 3.67. The Bertz CT molecular complexity index is 736. The molecule has 2 aromatic rings. The van der Waals surface area contributed by atoms with E-state index in [2.05, 4.69) is 28.1 Å². The third-order valence-corrected chi connectivity index (χ3v) is 5.00. The molecule has 2 heterocycles. The van der Waals surface area contributed by atoms with Crippen molar-refractivity contribution in [2.45, 2.75) is 25.1 Å². The van der Waals surface area contributed by atoms with Crippen molar-refractivity contribution in [3.8, 4) is 5.75 Å². The number of anilines is 1. The van der Waals surface area contributed by atoms with E-state index in [0.717, 1.165) is 24.5 Å². The standard InChI is InChI=1S/C17H22N4O3S/c1-12-10-20(14-6-4-5-7-15(14)23-3)8-9-21(12)16(22)11-25-17-19-18-13(2)24-17/h4-7,12H,8-11H2,1-3H3. The topological polar surface area (TPSA) is 71.7 Å². The number of nitrogens with zero attached hydrogens (tertiary/aromatic N) is 4. The minimum atomic E-state index is 0.0908. The highest BCUT2D eigenvalue weighted by Gasteiger charge is 2.28. The Morgan fingerprint density at radius 3 is 2.84 bits per heavy atom. The molecule has 0 bridgehead atoms. The van der Waals surface area contributed by atoms with E-state index in [1.807, 2.05) is 23.1 Å². The molecular weight excluding hydrogens is 340 g/mol. The van der Waals surface area contributed by atoms with Crippen LogP contribution in [0.4, 0.5) is 5.69 Å². The summed E-state index contributed by atoms with van der Waals surface area (Å²) in [4.78, 5) is 16.7. The van der Waals surface area contributed by atoms with Crippen molar-refractivity contribution < 1.29 is 13.9 Å². The molecule has 1 atom stereocenters. The maximum Gasteiger partial charge on any atom is 0.277 e. The summed E-state index contributed by atoms with van der Waals surface area (Å²) >= 11 is 1.28. The van der Waals surface area contributed by atoms with Crippen LogP contribution >= 0.6 is 11.8 Å². The molecular formula is C17H22N4O3S. The van der Waals surface area contributed by atoms with E-state index in [4.69, 9.17) is 9.15 Å². The largest absolute Gasteiger partial charge is 0.495 e. The van der Waals surface area contributed by atoms with Crippen molar-refractivity contribution in [3.05, 3.63) is 30.2 Å². The second-order valence-electron chi connectivity index (χ2n) is 5.93. The fraction of sp³-hybridized carbons (Fsp3) is 0.471. The van der Waals surface area contributed by atoms with Crippen molar-refractivity contribution >= 4 is 23.4 Å². The number of aromatic nitrogens is 2. The SMILES string of the molecule is COc1ccccc1N1CCN(C(=O)CSc2nnc(C)o2)C(C)C1. The third-order valence-electron chi connectivity index (χ3n) is 4.20. The third kappa shape index (κ3) is 4.07. The Balaban J connectivity index is 1.58. The van der Waals surface area contributed by atoms with Crippen LogP contribution in [0.15, 0.2) is 33.9 Å². The highest BCUT2D eigenvalue weighted by molar-refractivity contribution is 7.99. The van der Waals surface area contributed by atoms with Crippen LogP contribution in [0.5, 0.6) is 5.75 Å². The number of hydrogen-bond donors (Lipinski definition) is 0. The number of carbonyl (C=O) groups excluding carboxylic acids is 1. The maximum absolute atomic E-state index is 12.5. The first-order valence-corrected chi connectivity index (χ1v) is 9.17. The van der Waals surface area contributed by atoms with E-state index in [9.17, 15) is 4.79 Å². The average Bonchev–Trinajstić information content (AvgIpc) is 3.05. The van der Waals surface area contributed by atoms with Gasteiger partial charge in [0.2, 0.25) is 11.8 Å². The maximum atomic E-state index is 12.5. The van der Waals surface area contributed by atoms with Gasteiger partial charge in [-0.2, -0.15) is 0 Å². The number of carbonyl (C=O) groups is 1. The van der Waals surface area contributed by atoms with Gasteiger partial charge in [-0.25, -0.2) is 0 Å². The summed E-state index contributed by atoms with van der Waals surface area (Å²) in [5.74, 6) is 1.76. The zero-order chi connectivity index (χ0) is 17.8. The predicted octanol–water partition coefficient (Wildman–Crippen LogP) is 2.22. The highest BCUT2D eigenvalue weighted by Crippen LogP contribution is 2.29. The van der Waals surface area contributed by atoms with Crippen LogP contribution in [0.3, 0.4) is 0 Å². The number of aryl methyl sites for hydroxylation is 1. The van der Waals surface area contributed by atoms with E-state index in [0.29, 0.717) is 23.4 Å². The molecule has 0 spiro atoms. The first-order chi connectivity index (χ1) is 12.1. The van der Waals surface area contributed by atoms with Gasteiger partial charge in [0.05, 0.1) is 18.6 Å². The predicted molar refractivity (Wildman–Crippen MR) is 96.1 cm³/mol. The van der Waals surface area contributed by atoms with Gasteiger partial charge in [-0.05, 0) is 19.1 Å². The molecule has 0 saturated carbocycles. The minimum absolute atomic E-state index is 0.0908. The lowest BCUT2D eigenvalue weighted by atomic mass is 10.1. The quantitative estimate of drug-likeness (QED) is 0.755. The molecule has 1 aromatic carbocycles. The van der Waals surface area contributed by atoms with Gasteiger partial charge in [0.25, 0.3) is 5.22 Å². The number of para-hydroxylation sites is 2. The summed E-state index contributed by atoms with van der Waals surface area (Å²) in [6.07, 6.45) is 0. The van der Waals surface area contributed by atoms with Crippen LogP contribution in [0.2, 0.25) is 0 Å². The minimum Gasteiger partial charge on any atom is -0.495 e. The van der Waals surface area contributed by atoms with Gasteiger partial charge in [-0.15, -0.1) is 10.2 Å². The molecule has 1 aromatic heterocycles. The van der Waals surface area contributed by atoms with E-state index >= 15 is 0 Å². The number of rotatable bonds is 5. The lowest BCUT2D eigenvalue weighted by Crippen LogP contribution is -2.54. The lowest BCUT2D eigenvalue weighted by molar-refractivity contribution is -0.130. The molecule has 134 valence electrons.